The van der Waals surface area contributed by atoms with Crippen LogP contribution >= 0.6 is 0 Å². The van der Waals surface area contributed by atoms with Crippen LogP contribution in [0, 0.1) is 0 Å². The molecule has 2 heterocycles. The van der Waals surface area contributed by atoms with Gasteiger partial charge in [-0.15, -0.1) is 0 Å². The Labute approximate surface area is 127 Å². The maximum Gasteiger partial charge on any atom is 0.240 e. The Bertz CT molecular complexity index is 389. The zero-order valence-corrected chi connectivity index (χ0v) is 13.1. The number of nitrogens with two attached hydrogens (primary N) is 1. The number of ether oxygens (including phenoxy) is 1. The van der Waals surface area contributed by atoms with Gasteiger partial charge in [-0.2, -0.15) is 4.98 Å². The molecule has 0 spiro atoms. The molecule has 2 N–H and O–H groups in total. The molecule has 1 fully saturated rings. The molecule has 6 heteroatoms. The zero-order valence-electron chi connectivity index (χ0n) is 13.1. The predicted octanol–water partition coefficient (Wildman–Crippen LogP) is 1.74. The minimum Gasteiger partial charge on any atom is -0.378 e. The Hall–Kier alpha value is -0.980. The van der Waals surface area contributed by atoms with Gasteiger partial charge in [-0.25, -0.2) is 0 Å². The van der Waals surface area contributed by atoms with Crippen LogP contribution in [0.4, 0.5) is 0 Å². The third-order valence-electron chi connectivity index (χ3n) is 3.86. The molecule has 0 saturated carbocycles. The molecule has 1 saturated heterocycles. The standard InChI is InChI=1S/C15H28N4O2/c1-2-3-5-14-17-15(21-18-14)12-19-9-6-13(7-10-19)20-11-4-8-16/h13H,2-12,16H2,1H3. The molecule has 0 aromatic carbocycles. The van der Waals surface area contributed by atoms with Crippen LogP contribution in [0.1, 0.15) is 50.7 Å². The fraction of sp³-hybridized carbons (Fsp3) is 0.867. The van der Waals surface area contributed by atoms with Crippen molar-refractivity contribution in [3.8, 4) is 0 Å². The molecule has 2 rings (SSSR count). The van der Waals surface area contributed by atoms with E-state index in [1.165, 1.54) is 0 Å². The van der Waals surface area contributed by atoms with Gasteiger partial charge in [0.2, 0.25) is 5.89 Å². The second-order valence-corrected chi connectivity index (χ2v) is 5.70. The summed E-state index contributed by atoms with van der Waals surface area (Å²) in [5, 5.41) is 4.03. The Kier molecular flexibility index (Phi) is 7.12. The molecule has 0 radical (unpaired) electrons. The molecule has 0 amide bonds. The van der Waals surface area contributed by atoms with E-state index in [1.54, 1.807) is 0 Å². The lowest BCUT2D eigenvalue weighted by atomic mass is 10.1. The Morgan fingerprint density at radius 2 is 2.14 bits per heavy atom. The Morgan fingerprint density at radius 3 is 2.86 bits per heavy atom. The molecule has 120 valence electrons. The number of nitrogens with zero attached hydrogens (tertiary/aromatic N) is 3. The first-order valence-corrected chi connectivity index (χ1v) is 8.17. The van der Waals surface area contributed by atoms with Crippen molar-refractivity contribution in [1.82, 2.24) is 15.0 Å². The summed E-state index contributed by atoms with van der Waals surface area (Å²) >= 11 is 0. The SMILES string of the molecule is CCCCc1noc(CN2CCC(OCCCN)CC2)n1. The molecule has 1 aliphatic heterocycles. The minimum absolute atomic E-state index is 0.385. The van der Waals surface area contributed by atoms with Gasteiger partial charge >= 0.3 is 0 Å². The third kappa shape index (κ3) is 5.73. The number of likely N-dealkylation sites (tertiary alicyclic amines) is 1. The van der Waals surface area contributed by atoms with Crippen LogP contribution in [-0.2, 0) is 17.7 Å². The number of aromatic nitrogens is 2. The van der Waals surface area contributed by atoms with Crippen LogP contribution in [0.3, 0.4) is 0 Å². The van der Waals surface area contributed by atoms with Crippen LogP contribution in [-0.4, -0.2) is 47.4 Å². The molecule has 0 unspecified atom stereocenters. The first-order chi connectivity index (χ1) is 10.3. The molecule has 1 aromatic heterocycles. The lowest BCUT2D eigenvalue weighted by Crippen LogP contribution is -2.36. The first-order valence-electron chi connectivity index (χ1n) is 8.17. The van der Waals surface area contributed by atoms with E-state index < -0.39 is 0 Å². The number of aryl methyl sites for hydroxylation is 1. The van der Waals surface area contributed by atoms with Crippen LogP contribution in [0.5, 0.6) is 0 Å². The second kappa shape index (κ2) is 9.12. The summed E-state index contributed by atoms with van der Waals surface area (Å²) < 4.78 is 11.1. The quantitative estimate of drug-likeness (QED) is 0.699. The van der Waals surface area contributed by atoms with E-state index in [-0.39, 0.29) is 0 Å². The van der Waals surface area contributed by atoms with Crippen LogP contribution < -0.4 is 5.73 Å². The maximum absolute atomic E-state index is 5.81. The number of unbranched alkanes of at least 4 members (excludes halogenated alkanes) is 1. The molecule has 0 aliphatic carbocycles. The number of hydrogen-bond donors (Lipinski definition) is 1. The third-order valence-corrected chi connectivity index (χ3v) is 3.86. The van der Waals surface area contributed by atoms with Crippen molar-refractivity contribution in [2.45, 2.75) is 58.1 Å². The number of hydrogen-bond acceptors (Lipinski definition) is 6. The van der Waals surface area contributed by atoms with Gasteiger partial charge in [0.15, 0.2) is 5.82 Å². The summed E-state index contributed by atoms with van der Waals surface area (Å²) in [6.45, 7) is 6.47. The molecular formula is C15H28N4O2. The van der Waals surface area contributed by atoms with E-state index in [2.05, 4.69) is 22.0 Å². The van der Waals surface area contributed by atoms with E-state index in [0.717, 1.165) is 76.5 Å². The monoisotopic (exact) mass is 296 g/mol. The summed E-state index contributed by atoms with van der Waals surface area (Å²) in [5.41, 5.74) is 5.47. The largest absolute Gasteiger partial charge is 0.378 e. The lowest BCUT2D eigenvalue weighted by Gasteiger charge is -2.30. The van der Waals surface area contributed by atoms with E-state index in [4.69, 9.17) is 15.0 Å². The summed E-state index contributed by atoms with van der Waals surface area (Å²) in [6, 6.07) is 0. The van der Waals surface area contributed by atoms with Gasteiger partial charge in [0.25, 0.3) is 0 Å². The van der Waals surface area contributed by atoms with Crippen molar-refractivity contribution in [3.63, 3.8) is 0 Å². The summed E-state index contributed by atoms with van der Waals surface area (Å²) in [5.74, 6) is 1.58. The van der Waals surface area contributed by atoms with Crippen molar-refractivity contribution >= 4 is 0 Å². The highest BCUT2D eigenvalue weighted by Gasteiger charge is 2.21. The average molecular weight is 296 g/mol. The Balaban J connectivity index is 1.67. The smallest absolute Gasteiger partial charge is 0.240 e. The molecule has 1 aliphatic rings. The normalized spacial score (nSPS) is 17.4. The lowest BCUT2D eigenvalue weighted by molar-refractivity contribution is 0.00381. The van der Waals surface area contributed by atoms with Crippen LogP contribution in [0.15, 0.2) is 4.52 Å². The van der Waals surface area contributed by atoms with Gasteiger partial charge in [0.1, 0.15) is 0 Å². The molecule has 6 nitrogen and oxygen atoms in total. The van der Waals surface area contributed by atoms with Gasteiger partial charge in [-0.1, -0.05) is 18.5 Å². The highest BCUT2D eigenvalue weighted by Crippen LogP contribution is 2.16. The van der Waals surface area contributed by atoms with Crippen LogP contribution in [0.25, 0.3) is 0 Å². The average Bonchev–Trinajstić information content (AvgIpc) is 2.95. The molecule has 21 heavy (non-hydrogen) atoms. The molecule has 0 bridgehead atoms. The fourth-order valence-corrected chi connectivity index (χ4v) is 2.55. The van der Waals surface area contributed by atoms with Crippen molar-refractivity contribution in [2.24, 2.45) is 5.73 Å². The highest BCUT2D eigenvalue weighted by atomic mass is 16.5. The van der Waals surface area contributed by atoms with E-state index >= 15 is 0 Å². The van der Waals surface area contributed by atoms with Crippen molar-refractivity contribution < 1.29 is 9.26 Å². The van der Waals surface area contributed by atoms with Gasteiger partial charge in [0.05, 0.1) is 12.6 Å². The second-order valence-electron chi connectivity index (χ2n) is 5.70. The van der Waals surface area contributed by atoms with Gasteiger partial charge < -0.3 is 15.0 Å². The maximum atomic E-state index is 5.81. The number of rotatable bonds is 9. The van der Waals surface area contributed by atoms with E-state index in [1.807, 2.05) is 0 Å². The summed E-state index contributed by atoms with van der Waals surface area (Å²) in [6.07, 6.45) is 6.66. The zero-order chi connectivity index (χ0) is 14.9. The van der Waals surface area contributed by atoms with Gasteiger partial charge in [-0.05, 0) is 32.2 Å². The molecule has 1 aromatic rings. The van der Waals surface area contributed by atoms with E-state index in [9.17, 15) is 0 Å². The minimum atomic E-state index is 0.385. The summed E-state index contributed by atoms with van der Waals surface area (Å²) in [7, 11) is 0. The Morgan fingerprint density at radius 1 is 1.33 bits per heavy atom. The fourth-order valence-electron chi connectivity index (χ4n) is 2.55. The topological polar surface area (TPSA) is 77.4 Å². The summed E-state index contributed by atoms with van der Waals surface area (Å²) in [4.78, 5) is 6.82. The highest BCUT2D eigenvalue weighted by molar-refractivity contribution is 4.87. The van der Waals surface area contributed by atoms with Crippen molar-refractivity contribution in [1.29, 1.82) is 0 Å². The first kappa shape index (κ1) is 16.4. The van der Waals surface area contributed by atoms with Crippen LogP contribution in [0.2, 0.25) is 0 Å². The van der Waals surface area contributed by atoms with Gasteiger partial charge in [0, 0.05) is 26.1 Å². The molecular weight excluding hydrogens is 268 g/mol. The van der Waals surface area contributed by atoms with E-state index in [0.29, 0.717) is 12.6 Å². The van der Waals surface area contributed by atoms with Crippen molar-refractivity contribution in [2.75, 3.05) is 26.2 Å². The number of piperidine rings is 1. The predicted molar refractivity (Wildman–Crippen MR) is 80.8 cm³/mol. The van der Waals surface area contributed by atoms with Crippen molar-refractivity contribution in [3.05, 3.63) is 11.7 Å². The molecule has 0 atom stereocenters. The van der Waals surface area contributed by atoms with Gasteiger partial charge in [-0.3, -0.25) is 4.90 Å².